The zero-order chi connectivity index (χ0) is 15.4. The number of halogens is 1. The first-order valence-corrected chi connectivity index (χ1v) is 8.68. The molecule has 3 nitrogen and oxygen atoms in total. The van der Waals surface area contributed by atoms with Gasteiger partial charge in [0, 0.05) is 49.3 Å². The van der Waals surface area contributed by atoms with Gasteiger partial charge in [-0.1, -0.05) is 41.9 Å². The van der Waals surface area contributed by atoms with Crippen molar-refractivity contribution in [3.8, 4) is 0 Å². The van der Waals surface area contributed by atoms with Crippen molar-refractivity contribution in [2.24, 2.45) is 0 Å². The Kier molecular flexibility index (Phi) is 6.23. The predicted molar refractivity (Wildman–Crippen MR) is 93.5 cm³/mol. The van der Waals surface area contributed by atoms with Gasteiger partial charge in [-0.05, 0) is 31.2 Å². The van der Waals surface area contributed by atoms with Crippen molar-refractivity contribution < 1.29 is 0 Å². The van der Waals surface area contributed by atoms with Crippen molar-refractivity contribution in [3.63, 3.8) is 0 Å². The van der Waals surface area contributed by atoms with Crippen LogP contribution in [0.5, 0.6) is 0 Å². The number of piperazine rings is 1. The summed E-state index contributed by atoms with van der Waals surface area (Å²) in [5.74, 6) is 0. The second-order valence-electron chi connectivity index (χ2n) is 6.53. The molecule has 1 N–H and O–H groups in total. The number of hydrogen-bond donors (Lipinski definition) is 1. The smallest absolute Gasteiger partial charge is 0.0246 e. The van der Waals surface area contributed by atoms with Gasteiger partial charge in [-0.15, -0.1) is 0 Å². The molecule has 0 aliphatic carbocycles. The fraction of sp³-hybridized carbons (Fsp3) is 0.647. The topological polar surface area (TPSA) is 18.5 Å². The highest BCUT2D eigenvalue weighted by atomic mass is 79.9. The molecule has 4 heteroatoms. The van der Waals surface area contributed by atoms with Crippen LogP contribution in [-0.4, -0.2) is 48.6 Å². The first-order valence-electron chi connectivity index (χ1n) is 7.89. The van der Waals surface area contributed by atoms with Crippen LogP contribution in [0.4, 0.5) is 0 Å². The van der Waals surface area contributed by atoms with Crippen molar-refractivity contribution in [1.29, 1.82) is 0 Å². The maximum atomic E-state index is 3.74. The number of nitrogens with zero attached hydrogens (tertiary/aromatic N) is 2. The SMILES string of the molecule is CC(C)NCc1ccc(CN2CCN(C)C(C)C2)c(Br)c1. The van der Waals surface area contributed by atoms with E-state index in [1.807, 2.05) is 0 Å². The third-order valence-electron chi connectivity index (χ3n) is 4.27. The first-order chi connectivity index (χ1) is 9.95. The monoisotopic (exact) mass is 353 g/mol. The number of nitrogens with one attached hydrogen (secondary N) is 1. The summed E-state index contributed by atoms with van der Waals surface area (Å²) in [7, 11) is 2.22. The molecule has 1 heterocycles. The molecule has 1 unspecified atom stereocenters. The lowest BCUT2D eigenvalue weighted by Gasteiger charge is -2.37. The number of rotatable bonds is 5. The average Bonchev–Trinajstić information content (AvgIpc) is 2.43. The van der Waals surface area contributed by atoms with Gasteiger partial charge < -0.3 is 10.2 Å². The summed E-state index contributed by atoms with van der Waals surface area (Å²) < 4.78 is 1.23. The second-order valence-corrected chi connectivity index (χ2v) is 7.38. The Labute approximate surface area is 137 Å². The summed E-state index contributed by atoms with van der Waals surface area (Å²) in [5.41, 5.74) is 2.73. The Bertz CT molecular complexity index is 461. The summed E-state index contributed by atoms with van der Waals surface area (Å²) >= 11 is 3.74. The van der Waals surface area contributed by atoms with Crippen molar-refractivity contribution in [3.05, 3.63) is 33.8 Å². The highest BCUT2D eigenvalue weighted by Gasteiger charge is 2.20. The molecule has 0 spiro atoms. The van der Waals surface area contributed by atoms with E-state index in [1.165, 1.54) is 15.6 Å². The maximum absolute atomic E-state index is 3.74. The van der Waals surface area contributed by atoms with Gasteiger partial charge in [0.15, 0.2) is 0 Å². The Balaban J connectivity index is 1.94. The van der Waals surface area contributed by atoms with Gasteiger partial charge in [-0.2, -0.15) is 0 Å². The summed E-state index contributed by atoms with van der Waals surface area (Å²) in [6, 6.07) is 7.94. The van der Waals surface area contributed by atoms with E-state index in [0.717, 1.165) is 32.7 Å². The van der Waals surface area contributed by atoms with E-state index >= 15 is 0 Å². The molecule has 118 valence electrons. The van der Waals surface area contributed by atoms with Gasteiger partial charge in [0.05, 0.1) is 0 Å². The Hall–Kier alpha value is -0.420. The van der Waals surface area contributed by atoms with Gasteiger partial charge in [0.25, 0.3) is 0 Å². The van der Waals surface area contributed by atoms with Crippen LogP contribution in [0.1, 0.15) is 31.9 Å². The molecule has 1 fully saturated rings. The first kappa shape index (κ1) is 16.9. The normalized spacial score (nSPS) is 21.1. The van der Waals surface area contributed by atoms with E-state index in [2.05, 4.69) is 77.1 Å². The van der Waals surface area contributed by atoms with Crippen LogP contribution >= 0.6 is 15.9 Å². The van der Waals surface area contributed by atoms with E-state index in [4.69, 9.17) is 0 Å². The van der Waals surface area contributed by atoms with Gasteiger partial charge >= 0.3 is 0 Å². The summed E-state index contributed by atoms with van der Waals surface area (Å²) in [5, 5.41) is 3.46. The molecule has 0 aromatic heterocycles. The molecule has 0 bridgehead atoms. The summed E-state index contributed by atoms with van der Waals surface area (Å²) in [6.45, 7) is 12.1. The largest absolute Gasteiger partial charge is 0.310 e. The van der Waals surface area contributed by atoms with Crippen LogP contribution in [-0.2, 0) is 13.1 Å². The Morgan fingerprint density at radius 3 is 2.71 bits per heavy atom. The lowest BCUT2D eigenvalue weighted by atomic mass is 10.1. The molecular weight excluding hydrogens is 326 g/mol. The fourth-order valence-electron chi connectivity index (χ4n) is 2.66. The van der Waals surface area contributed by atoms with Gasteiger partial charge in [-0.3, -0.25) is 4.90 Å². The zero-order valence-electron chi connectivity index (χ0n) is 13.7. The maximum Gasteiger partial charge on any atom is 0.0246 e. The quantitative estimate of drug-likeness (QED) is 0.877. The Morgan fingerprint density at radius 2 is 2.10 bits per heavy atom. The fourth-order valence-corrected chi connectivity index (χ4v) is 3.21. The van der Waals surface area contributed by atoms with Crippen molar-refractivity contribution in [1.82, 2.24) is 15.1 Å². The number of hydrogen-bond acceptors (Lipinski definition) is 3. The molecule has 2 rings (SSSR count). The van der Waals surface area contributed by atoms with Crippen molar-refractivity contribution >= 4 is 15.9 Å². The third kappa shape index (κ3) is 5.06. The van der Waals surface area contributed by atoms with Crippen LogP contribution < -0.4 is 5.32 Å². The number of benzene rings is 1. The van der Waals surface area contributed by atoms with Gasteiger partial charge in [0.1, 0.15) is 0 Å². The van der Waals surface area contributed by atoms with Crippen LogP contribution in [0.3, 0.4) is 0 Å². The second kappa shape index (κ2) is 7.73. The predicted octanol–water partition coefficient (Wildman–Crippen LogP) is 3.08. The standard InChI is InChI=1S/C17H28BrN3/c1-13(2)19-10-15-5-6-16(17(18)9-15)12-21-8-7-20(4)14(3)11-21/h5-6,9,13-14,19H,7-8,10-12H2,1-4H3. The molecule has 1 aromatic carbocycles. The lowest BCUT2D eigenvalue weighted by Crippen LogP contribution is -2.49. The highest BCUT2D eigenvalue weighted by Crippen LogP contribution is 2.21. The molecule has 0 amide bonds. The van der Waals surface area contributed by atoms with Crippen molar-refractivity contribution in [2.45, 2.75) is 45.9 Å². The molecule has 1 saturated heterocycles. The molecule has 0 saturated carbocycles. The molecule has 21 heavy (non-hydrogen) atoms. The lowest BCUT2D eigenvalue weighted by molar-refractivity contribution is 0.0998. The molecule has 1 aliphatic heterocycles. The van der Waals surface area contributed by atoms with Crippen LogP contribution in [0.15, 0.2) is 22.7 Å². The van der Waals surface area contributed by atoms with Crippen LogP contribution in [0.25, 0.3) is 0 Å². The van der Waals surface area contributed by atoms with Crippen molar-refractivity contribution in [2.75, 3.05) is 26.7 Å². The van der Waals surface area contributed by atoms with Gasteiger partial charge in [0.2, 0.25) is 0 Å². The molecule has 0 radical (unpaired) electrons. The number of likely N-dealkylation sites (N-methyl/N-ethyl adjacent to an activating group) is 1. The van der Waals surface area contributed by atoms with Crippen LogP contribution in [0, 0.1) is 0 Å². The molecular formula is C17H28BrN3. The van der Waals surface area contributed by atoms with E-state index in [-0.39, 0.29) is 0 Å². The zero-order valence-corrected chi connectivity index (χ0v) is 15.3. The van der Waals surface area contributed by atoms with E-state index in [1.54, 1.807) is 0 Å². The van der Waals surface area contributed by atoms with E-state index < -0.39 is 0 Å². The average molecular weight is 354 g/mol. The minimum Gasteiger partial charge on any atom is -0.310 e. The Morgan fingerprint density at radius 1 is 1.33 bits per heavy atom. The minimum absolute atomic E-state index is 0.523. The summed E-state index contributed by atoms with van der Waals surface area (Å²) in [4.78, 5) is 4.99. The van der Waals surface area contributed by atoms with Crippen LogP contribution in [0.2, 0.25) is 0 Å². The molecule has 1 atom stereocenters. The molecule has 1 aliphatic rings. The third-order valence-corrected chi connectivity index (χ3v) is 5.01. The van der Waals surface area contributed by atoms with Gasteiger partial charge in [-0.25, -0.2) is 0 Å². The van der Waals surface area contributed by atoms with E-state index in [9.17, 15) is 0 Å². The summed E-state index contributed by atoms with van der Waals surface area (Å²) in [6.07, 6.45) is 0. The highest BCUT2D eigenvalue weighted by molar-refractivity contribution is 9.10. The minimum atomic E-state index is 0.523. The van der Waals surface area contributed by atoms with E-state index in [0.29, 0.717) is 12.1 Å². The molecule has 1 aromatic rings.